The van der Waals surface area contributed by atoms with Gasteiger partial charge in [-0.2, -0.15) is 0 Å². The van der Waals surface area contributed by atoms with Crippen molar-refractivity contribution in [3.63, 3.8) is 0 Å². The van der Waals surface area contributed by atoms with Crippen LogP contribution in [0.15, 0.2) is 6.07 Å². The largest absolute Gasteiger partial charge is 0.351 e. The molecule has 20 heavy (non-hydrogen) atoms. The van der Waals surface area contributed by atoms with E-state index in [4.69, 9.17) is 11.6 Å². The zero-order chi connectivity index (χ0) is 13.9. The summed E-state index contributed by atoms with van der Waals surface area (Å²) in [6.07, 6.45) is 8.53. The van der Waals surface area contributed by atoms with E-state index in [-0.39, 0.29) is 5.91 Å². The van der Waals surface area contributed by atoms with Crippen molar-refractivity contribution in [1.82, 2.24) is 5.32 Å². The van der Waals surface area contributed by atoms with Gasteiger partial charge in [-0.15, -0.1) is 22.9 Å². The summed E-state index contributed by atoms with van der Waals surface area (Å²) in [4.78, 5) is 14.6. The average Bonchev–Trinajstić information content (AvgIpc) is 3.10. The van der Waals surface area contributed by atoms with Gasteiger partial charge in [0.15, 0.2) is 0 Å². The van der Waals surface area contributed by atoms with E-state index in [0.29, 0.717) is 11.8 Å². The Bertz CT molecular complexity index is 461. The van der Waals surface area contributed by atoms with Crippen LogP contribution in [0.1, 0.15) is 52.2 Å². The van der Waals surface area contributed by atoms with Gasteiger partial charge in [-0.1, -0.05) is 6.42 Å². The summed E-state index contributed by atoms with van der Waals surface area (Å²) in [5.74, 6) is 2.01. The minimum atomic E-state index is 0.115. The number of carbonyl (C=O) groups excluding carboxylic acids is 1. The Morgan fingerprint density at radius 2 is 2.05 bits per heavy atom. The molecule has 1 N–H and O–H groups in total. The number of alkyl halides is 1. The second-order valence-corrected chi connectivity index (χ2v) is 7.53. The first-order valence-electron chi connectivity index (χ1n) is 7.73. The zero-order valence-corrected chi connectivity index (χ0v) is 13.4. The molecule has 2 unspecified atom stereocenters. The van der Waals surface area contributed by atoms with Crippen LogP contribution in [0.2, 0.25) is 0 Å². The topological polar surface area (TPSA) is 29.1 Å². The molecule has 0 radical (unpaired) electrons. The van der Waals surface area contributed by atoms with E-state index in [1.165, 1.54) is 42.5 Å². The number of rotatable bonds is 4. The normalized spacial score (nSPS) is 25.4. The van der Waals surface area contributed by atoms with E-state index in [0.717, 1.165) is 30.1 Å². The smallest absolute Gasteiger partial charge is 0.261 e. The number of nitrogens with one attached hydrogen (secondary N) is 1. The number of aryl methyl sites for hydroxylation is 2. The molecule has 4 heteroatoms. The molecule has 1 aromatic rings. The fraction of sp³-hybridized carbons (Fsp3) is 0.688. The van der Waals surface area contributed by atoms with Crippen LogP contribution in [0.5, 0.6) is 0 Å². The molecular weight excluding hydrogens is 290 g/mol. The summed E-state index contributed by atoms with van der Waals surface area (Å²) < 4.78 is 0. The van der Waals surface area contributed by atoms with Crippen LogP contribution in [0.25, 0.3) is 0 Å². The molecule has 2 aliphatic rings. The molecule has 1 amide bonds. The van der Waals surface area contributed by atoms with E-state index in [2.05, 4.69) is 11.4 Å². The second-order valence-electron chi connectivity index (χ2n) is 6.08. The predicted molar refractivity (Wildman–Crippen MR) is 84.8 cm³/mol. The van der Waals surface area contributed by atoms with Crippen molar-refractivity contribution in [2.24, 2.45) is 11.8 Å². The fourth-order valence-electron chi connectivity index (χ4n) is 3.50. The lowest BCUT2D eigenvalue weighted by Crippen LogP contribution is -2.30. The molecule has 0 bridgehead atoms. The van der Waals surface area contributed by atoms with Gasteiger partial charge in [0.2, 0.25) is 0 Å². The van der Waals surface area contributed by atoms with Crippen LogP contribution >= 0.6 is 22.9 Å². The fourth-order valence-corrected chi connectivity index (χ4v) is 5.08. The Morgan fingerprint density at radius 1 is 1.25 bits per heavy atom. The van der Waals surface area contributed by atoms with Gasteiger partial charge in [0.25, 0.3) is 5.91 Å². The molecule has 1 saturated carbocycles. The number of amides is 1. The molecule has 0 aromatic carbocycles. The summed E-state index contributed by atoms with van der Waals surface area (Å²) in [6.45, 7) is 0.790. The minimum Gasteiger partial charge on any atom is -0.351 e. The van der Waals surface area contributed by atoms with Gasteiger partial charge in [-0.3, -0.25) is 4.79 Å². The van der Waals surface area contributed by atoms with Gasteiger partial charge in [0, 0.05) is 17.3 Å². The molecule has 0 aliphatic heterocycles. The first kappa shape index (κ1) is 14.4. The molecule has 0 spiro atoms. The van der Waals surface area contributed by atoms with E-state index in [9.17, 15) is 4.79 Å². The summed E-state index contributed by atoms with van der Waals surface area (Å²) in [5, 5.41) is 3.13. The van der Waals surface area contributed by atoms with E-state index >= 15 is 0 Å². The van der Waals surface area contributed by atoms with Crippen LogP contribution < -0.4 is 5.32 Å². The SMILES string of the molecule is O=C(NCC1CCCC1CCl)c1cc2c(s1)CCCC2. The van der Waals surface area contributed by atoms with Gasteiger partial charge in [0.05, 0.1) is 4.88 Å². The van der Waals surface area contributed by atoms with Crippen LogP contribution in [-0.4, -0.2) is 18.3 Å². The lowest BCUT2D eigenvalue weighted by Gasteiger charge is -2.17. The Kier molecular flexibility index (Phi) is 4.67. The van der Waals surface area contributed by atoms with Gasteiger partial charge in [-0.05, 0) is 62.0 Å². The van der Waals surface area contributed by atoms with Crippen molar-refractivity contribution in [3.8, 4) is 0 Å². The zero-order valence-electron chi connectivity index (χ0n) is 11.8. The molecule has 1 aromatic heterocycles. The summed E-state index contributed by atoms with van der Waals surface area (Å²) in [6, 6.07) is 2.11. The highest BCUT2D eigenvalue weighted by molar-refractivity contribution is 7.14. The molecule has 110 valence electrons. The summed E-state index contributed by atoms with van der Waals surface area (Å²) >= 11 is 7.69. The summed E-state index contributed by atoms with van der Waals surface area (Å²) in [5.41, 5.74) is 1.41. The third-order valence-corrected chi connectivity index (χ3v) is 6.39. The lowest BCUT2D eigenvalue weighted by atomic mass is 9.98. The van der Waals surface area contributed by atoms with Crippen molar-refractivity contribution < 1.29 is 4.79 Å². The first-order valence-corrected chi connectivity index (χ1v) is 9.08. The Balaban J connectivity index is 1.57. The standard InChI is InChI=1S/C16H22ClNOS/c17-9-12-5-3-6-13(12)10-18-16(19)15-8-11-4-1-2-7-14(11)20-15/h8,12-13H,1-7,9-10H2,(H,18,19). The van der Waals surface area contributed by atoms with E-state index in [1.807, 2.05) is 0 Å². The predicted octanol–water partition coefficient (Wildman–Crippen LogP) is 4.01. The number of hydrogen-bond acceptors (Lipinski definition) is 2. The van der Waals surface area contributed by atoms with E-state index in [1.54, 1.807) is 11.3 Å². The van der Waals surface area contributed by atoms with Crippen molar-refractivity contribution in [2.75, 3.05) is 12.4 Å². The van der Waals surface area contributed by atoms with Gasteiger partial charge < -0.3 is 5.32 Å². The average molecular weight is 312 g/mol. The quantitative estimate of drug-likeness (QED) is 0.836. The van der Waals surface area contributed by atoms with Crippen molar-refractivity contribution >= 4 is 28.8 Å². The van der Waals surface area contributed by atoms with Crippen molar-refractivity contribution in [1.29, 1.82) is 0 Å². The van der Waals surface area contributed by atoms with Crippen LogP contribution in [0, 0.1) is 11.8 Å². The second kappa shape index (κ2) is 6.48. The molecular formula is C16H22ClNOS. The number of fused-ring (bicyclic) bond motifs is 1. The Morgan fingerprint density at radius 3 is 2.85 bits per heavy atom. The molecule has 2 aliphatic carbocycles. The highest BCUT2D eigenvalue weighted by Gasteiger charge is 2.27. The molecule has 1 fully saturated rings. The van der Waals surface area contributed by atoms with Crippen LogP contribution in [-0.2, 0) is 12.8 Å². The number of hydrogen-bond donors (Lipinski definition) is 1. The molecule has 2 atom stereocenters. The third kappa shape index (κ3) is 3.04. The monoisotopic (exact) mass is 311 g/mol. The number of carbonyl (C=O) groups is 1. The Labute approximate surface area is 129 Å². The Hall–Kier alpha value is -0.540. The molecule has 0 saturated heterocycles. The minimum absolute atomic E-state index is 0.115. The number of halogens is 1. The van der Waals surface area contributed by atoms with Crippen molar-refractivity contribution in [2.45, 2.75) is 44.9 Å². The maximum atomic E-state index is 12.3. The first-order chi connectivity index (χ1) is 9.78. The van der Waals surface area contributed by atoms with Crippen LogP contribution in [0.3, 0.4) is 0 Å². The molecule has 2 nitrogen and oxygen atoms in total. The maximum Gasteiger partial charge on any atom is 0.261 e. The van der Waals surface area contributed by atoms with Crippen molar-refractivity contribution in [3.05, 3.63) is 21.4 Å². The maximum absolute atomic E-state index is 12.3. The number of thiophene rings is 1. The van der Waals surface area contributed by atoms with Gasteiger partial charge in [0.1, 0.15) is 0 Å². The lowest BCUT2D eigenvalue weighted by molar-refractivity contribution is 0.0948. The highest BCUT2D eigenvalue weighted by Crippen LogP contribution is 2.32. The molecule has 3 rings (SSSR count). The van der Waals surface area contributed by atoms with Gasteiger partial charge >= 0.3 is 0 Å². The van der Waals surface area contributed by atoms with Crippen LogP contribution in [0.4, 0.5) is 0 Å². The van der Waals surface area contributed by atoms with E-state index < -0.39 is 0 Å². The third-order valence-electron chi connectivity index (χ3n) is 4.76. The molecule has 1 heterocycles. The highest BCUT2D eigenvalue weighted by atomic mass is 35.5. The summed E-state index contributed by atoms with van der Waals surface area (Å²) in [7, 11) is 0. The van der Waals surface area contributed by atoms with Gasteiger partial charge in [-0.25, -0.2) is 0 Å².